The first kappa shape index (κ1) is 29.2. The van der Waals surface area contributed by atoms with E-state index in [2.05, 4.69) is 10.3 Å². The van der Waals surface area contributed by atoms with Crippen molar-refractivity contribution in [2.75, 3.05) is 12.4 Å². The summed E-state index contributed by atoms with van der Waals surface area (Å²) in [6.07, 6.45) is 4.95. The molecule has 2 atom stereocenters. The van der Waals surface area contributed by atoms with Crippen LogP contribution in [0.1, 0.15) is 29.6 Å². The Balaban J connectivity index is 0.00000228. The van der Waals surface area contributed by atoms with Crippen LogP contribution in [0.3, 0.4) is 0 Å². The fraction of sp³-hybridized carbons (Fsp3) is 0.250. The Labute approximate surface area is 217 Å². The van der Waals surface area contributed by atoms with Gasteiger partial charge in [0.05, 0.1) is 30.0 Å². The molecule has 3 N–H and O–H groups in total. The van der Waals surface area contributed by atoms with E-state index in [-0.39, 0.29) is 54.1 Å². The molecule has 12 heteroatoms. The fourth-order valence-corrected chi connectivity index (χ4v) is 3.90. The summed E-state index contributed by atoms with van der Waals surface area (Å²) in [6, 6.07) is 4.58. The van der Waals surface area contributed by atoms with E-state index >= 15 is 4.39 Å². The van der Waals surface area contributed by atoms with Crippen molar-refractivity contribution in [1.29, 1.82) is 0 Å². The van der Waals surface area contributed by atoms with Gasteiger partial charge in [-0.1, -0.05) is 0 Å². The van der Waals surface area contributed by atoms with E-state index < -0.39 is 45.9 Å². The van der Waals surface area contributed by atoms with Gasteiger partial charge in [-0.25, -0.2) is 17.6 Å². The molecular weight excluding hydrogens is 525 g/mol. The standard InChI is InChI=1S/C24H21F4N3O3.2ClH/c1-33-12-9-15(26)21(16(27)10-12)22-14(25)6-5-13(23(22)28)24(32)31-18-11-30-8-7-20(18)34-19-4-2-3-17(19)29;;/h5-11,17,19H,2-4,29H2,1H3,(H,31,32);2*1H/t17-,19-;;/m0../s1. The smallest absolute Gasteiger partial charge is 0.258 e. The van der Waals surface area contributed by atoms with Gasteiger partial charge in [-0.2, -0.15) is 0 Å². The summed E-state index contributed by atoms with van der Waals surface area (Å²) in [7, 11) is 1.19. The van der Waals surface area contributed by atoms with Crippen LogP contribution in [-0.2, 0) is 0 Å². The van der Waals surface area contributed by atoms with Crippen LogP contribution in [0.4, 0.5) is 23.2 Å². The van der Waals surface area contributed by atoms with Gasteiger partial charge in [-0.3, -0.25) is 9.78 Å². The molecule has 1 saturated carbocycles. The molecule has 1 fully saturated rings. The van der Waals surface area contributed by atoms with E-state index in [0.717, 1.165) is 43.5 Å². The van der Waals surface area contributed by atoms with Crippen LogP contribution < -0.4 is 20.5 Å². The summed E-state index contributed by atoms with van der Waals surface area (Å²) in [6.45, 7) is 0. The Morgan fingerprint density at radius 2 is 1.72 bits per heavy atom. The average Bonchev–Trinajstić information content (AvgIpc) is 3.20. The molecule has 1 amide bonds. The lowest BCUT2D eigenvalue weighted by atomic mass is 9.99. The van der Waals surface area contributed by atoms with Crippen LogP contribution in [0, 0.1) is 23.3 Å². The van der Waals surface area contributed by atoms with Crippen molar-refractivity contribution in [2.24, 2.45) is 5.73 Å². The second-order valence-electron chi connectivity index (χ2n) is 7.83. The molecule has 0 aliphatic heterocycles. The molecule has 0 bridgehead atoms. The molecule has 0 unspecified atom stereocenters. The normalized spacial score (nSPS) is 16.5. The number of methoxy groups -OCH3 is 1. The molecule has 0 radical (unpaired) electrons. The Bertz CT molecular complexity index is 1230. The monoisotopic (exact) mass is 547 g/mol. The molecule has 0 saturated heterocycles. The number of ether oxygens (including phenoxy) is 2. The van der Waals surface area contributed by atoms with Gasteiger partial charge in [0.15, 0.2) is 0 Å². The highest BCUT2D eigenvalue weighted by atomic mass is 35.5. The third-order valence-corrected chi connectivity index (χ3v) is 5.65. The Morgan fingerprint density at radius 1 is 1.03 bits per heavy atom. The summed E-state index contributed by atoms with van der Waals surface area (Å²) in [5, 5.41) is 2.46. The van der Waals surface area contributed by atoms with Crippen molar-refractivity contribution in [3.8, 4) is 22.6 Å². The van der Waals surface area contributed by atoms with Gasteiger partial charge in [-0.05, 0) is 31.4 Å². The molecule has 1 heterocycles. The molecule has 1 aliphatic rings. The molecule has 1 aromatic heterocycles. The van der Waals surface area contributed by atoms with Crippen LogP contribution >= 0.6 is 24.8 Å². The van der Waals surface area contributed by atoms with Crippen LogP contribution in [0.5, 0.6) is 11.5 Å². The SMILES string of the molecule is COc1cc(F)c(-c2c(F)ccc(C(=O)Nc3cnccc3O[C@H]3CCC[C@@H]3N)c2F)c(F)c1.Cl.Cl. The van der Waals surface area contributed by atoms with Gasteiger partial charge in [0.1, 0.15) is 46.6 Å². The zero-order valence-corrected chi connectivity index (χ0v) is 20.5. The molecule has 6 nitrogen and oxygen atoms in total. The maximum atomic E-state index is 15.3. The number of carbonyl (C=O) groups excluding carboxylic acids is 1. The first-order valence-electron chi connectivity index (χ1n) is 10.5. The van der Waals surface area contributed by atoms with Gasteiger partial charge in [0.25, 0.3) is 5.91 Å². The maximum Gasteiger partial charge on any atom is 0.258 e. The molecule has 3 aromatic rings. The summed E-state index contributed by atoms with van der Waals surface area (Å²) in [5.74, 6) is -6.03. The van der Waals surface area contributed by atoms with Gasteiger partial charge >= 0.3 is 0 Å². The van der Waals surface area contributed by atoms with Crippen molar-refractivity contribution in [1.82, 2.24) is 4.98 Å². The predicted molar refractivity (Wildman–Crippen MR) is 131 cm³/mol. The van der Waals surface area contributed by atoms with Crippen LogP contribution in [0.2, 0.25) is 0 Å². The number of aromatic nitrogens is 1. The molecule has 36 heavy (non-hydrogen) atoms. The topological polar surface area (TPSA) is 86.5 Å². The maximum absolute atomic E-state index is 15.3. The van der Waals surface area contributed by atoms with Crippen LogP contribution in [0.15, 0.2) is 42.7 Å². The van der Waals surface area contributed by atoms with E-state index in [1.165, 1.54) is 25.6 Å². The number of hydrogen-bond donors (Lipinski definition) is 2. The van der Waals surface area contributed by atoms with Gasteiger partial charge in [0.2, 0.25) is 0 Å². The second-order valence-corrected chi connectivity index (χ2v) is 7.83. The molecule has 4 rings (SSSR count). The molecular formula is C24H23Cl2F4N3O3. The first-order chi connectivity index (χ1) is 16.3. The minimum absolute atomic E-state index is 0. The Morgan fingerprint density at radius 3 is 2.33 bits per heavy atom. The van der Waals surface area contributed by atoms with Crippen LogP contribution in [0.25, 0.3) is 11.1 Å². The Kier molecular flexibility index (Phi) is 9.92. The van der Waals surface area contributed by atoms with Crippen molar-refractivity contribution >= 4 is 36.4 Å². The van der Waals surface area contributed by atoms with E-state index in [4.69, 9.17) is 15.2 Å². The highest BCUT2D eigenvalue weighted by Gasteiger charge is 2.28. The summed E-state index contributed by atoms with van der Waals surface area (Å²) in [4.78, 5) is 16.8. The van der Waals surface area contributed by atoms with E-state index in [0.29, 0.717) is 0 Å². The van der Waals surface area contributed by atoms with Gasteiger partial charge in [0, 0.05) is 30.4 Å². The number of nitrogens with zero attached hydrogens (tertiary/aromatic N) is 1. The van der Waals surface area contributed by atoms with Crippen molar-refractivity contribution in [3.05, 3.63) is 71.6 Å². The Hall–Kier alpha value is -3.08. The van der Waals surface area contributed by atoms with Gasteiger partial charge in [-0.15, -0.1) is 24.8 Å². The number of rotatable bonds is 6. The number of hydrogen-bond acceptors (Lipinski definition) is 5. The zero-order chi connectivity index (χ0) is 24.4. The molecule has 1 aliphatic carbocycles. The van der Waals surface area contributed by atoms with Crippen LogP contribution in [-0.4, -0.2) is 30.1 Å². The number of anilines is 1. The third kappa shape index (κ3) is 5.83. The van der Waals surface area contributed by atoms with E-state index in [1.807, 2.05) is 0 Å². The number of pyridine rings is 1. The summed E-state index contributed by atoms with van der Waals surface area (Å²) < 4.78 is 69.5. The minimum atomic E-state index is -1.43. The lowest BCUT2D eigenvalue weighted by Gasteiger charge is -2.20. The molecule has 0 spiro atoms. The minimum Gasteiger partial charge on any atom is -0.497 e. The van der Waals surface area contributed by atoms with Crippen molar-refractivity contribution < 1.29 is 31.8 Å². The fourth-order valence-electron chi connectivity index (χ4n) is 3.90. The predicted octanol–water partition coefficient (Wildman–Crippen LogP) is 5.67. The number of carbonyl (C=O) groups is 1. The third-order valence-electron chi connectivity index (χ3n) is 5.65. The van der Waals surface area contributed by atoms with Gasteiger partial charge < -0.3 is 20.5 Å². The van der Waals surface area contributed by atoms with Crippen molar-refractivity contribution in [3.63, 3.8) is 0 Å². The first-order valence-corrected chi connectivity index (χ1v) is 10.5. The molecule has 2 aromatic carbocycles. The molecule has 194 valence electrons. The quantitative estimate of drug-likeness (QED) is 0.388. The summed E-state index contributed by atoms with van der Waals surface area (Å²) >= 11 is 0. The number of nitrogens with one attached hydrogen (secondary N) is 1. The van der Waals surface area contributed by atoms with E-state index in [9.17, 15) is 18.0 Å². The number of amides is 1. The second kappa shape index (κ2) is 12.2. The number of nitrogens with two attached hydrogens (primary N) is 1. The highest BCUT2D eigenvalue weighted by molar-refractivity contribution is 6.06. The lowest BCUT2D eigenvalue weighted by Crippen LogP contribution is -2.33. The number of benzene rings is 2. The zero-order valence-electron chi connectivity index (χ0n) is 18.9. The van der Waals surface area contributed by atoms with Crippen molar-refractivity contribution in [2.45, 2.75) is 31.4 Å². The largest absolute Gasteiger partial charge is 0.497 e. The lowest BCUT2D eigenvalue weighted by molar-refractivity contribution is 0.102. The average molecular weight is 548 g/mol. The summed E-state index contributed by atoms with van der Waals surface area (Å²) in [5.41, 5.74) is 3.58. The van der Waals surface area contributed by atoms with E-state index in [1.54, 1.807) is 0 Å². The number of halogens is 6. The highest BCUT2D eigenvalue weighted by Crippen LogP contribution is 2.35.